The third-order valence-electron chi connectivity index (χ3n) is 4.13. The standard InChI is InChI=1S/C15H17N5O/c16-10-5-3-4-9(10)15-19-14(20-21-15)8-13-17-11-6-1-2-7-12(11)18-13/h1-2,6-7,9-10H,3-5,8,16H2,(H,17,18). The van der Waals surface area contributed by atoms with E-state index in [9.17, 15) is 0 Å². The summed E-state index contributed by atoms with van der Waals surface area (Å²) < 4.78 is 5.38. The molecule has 0 saturated heterocycles. The van der Waals surface area contributed by atoms with Crippen molar-refractivity contribution in [2.75, 3.05) is 0 Å². The molecule has 0 spiro atoms. The zero-order chi connectivity index (χ0) is 14.2. The lowest BCUT2D eigenvalue weighted by Gasteiger charge is -2.08. The van der Waals surface area contributed by atoms with Crippen LogP contribution in [0, 0.1) is 0 Å². The van der Waals surface area contributed by atoms with Crippen LogP contribution in [-0.4, -0.2) is 26.2 Å². The predicted molar refractivity (Wildman–Crippen MR) is 77.8 cm³/mol. The third kappa shape index (κ3) is 2.31. The molecule has 0 bridgehead atoms. The van der Waals surface area contributed by atoms with Gasteiger partial charge in [-0.2, -0.15) is 4.98 Å². The van der Waals surface area contributed by atoms with Gasteiger partial charge in [0, 0.05) is 6.04 Å². The Hall–Kier alpha value is -2.21. The van der Waals surface area contributed by atoms with Gasteiger partial charge in [0.25, 0.3) is 0 Å². The van der Waals surface area contributed by atoms with E-state index >= 15 is 0 Å². The Morgan fingerprint density at radius 1 is 1.24 bits per heavy atom. The molecule has 1 aliphatic carbocycles. The van der Waals surface area contributed by atoms with Gasteiger partial charge in [-0.15, -0.1) is 0 Å². The van der Waals surface area contributed by atoms with Crippen molar-refractivity contribution in [1.82, 2.24) is 20.1 Å². The molecule has 6 nitrogen and oxygen atoms in total. The molecule has 2 atom stereocenters. The number of nitrogens with one attached hydrogen (secondary N) is 1. The van der Waals surface area contributed by atoms with E-state index in [0.717, 1.165) is 36.1 Å². The van der Waals surface area contributed by atoms with E-state index in [1.165, 1.54) is 0 Å². The fraction of sp³-hybridized carbons (Fsp3) is 0.400. The SMILES string of the molecule is NC1CCCC1c1nc(Cc2nc3ccccc3[nH]2)no1. The van der Waals surface area contributed by atoms with E-state index in [4.69, 9.17) is 10.3 Å². The van der Waals surface area contributed by atoms with Crippen molar-refractivity contribution in [1.29, 1.82) is 0 Å². The fourth-order valence-electron chi connectivity index (χ4n) is 3.02. The zero-order valence-corrected chi connectivity index (χ0v) is 11.6. The minimum absolute atomic E-state index is 0.143. The topological polar surface area (TPSA) is 93.6 Å². The van der Waals surface area contributed by atoms with Crippen LogP contribution in [0.3, 0.4) is 0 Å². The number of hydrogen-bond acceptors (Lipinski definition) is 5. The maximum absolute atomic E-state index is 6.08. The van der Waals surface area contributed by atoms with E-state index in [0.29, 0.717) is 18.1 Å². The maximum Gasteiger partial charge on any atom is 0.231 e. The van der Waals surface area contributed by atoms with E-state index in [1.807, 2.05) is 24.3 Å². The molecular formula is C15H17N5O. The van der Waals surface area contributed by atoms with Crippen molar-refractivity contribution >= 4 is 11.0 Å². The lowest BCUT2D eigenvalue weighted by atomic mass is 10.1. The summed E-state index contributed by atoms with van der Waals surface area (Å²) in [6.07, 6.45) is 3.74. The second-order valence-electron chi connectivity index (χ2n) is 5.63. The van der Waals surface area contributed by atoms with Crippen LogP contribution in [0.15, 0.2) is 28.8 Å². The third-order valence-corrected chi connectivity index (χ3v) is 4.13. The number of aromatic amines is 1. The second kappa shape index (κ2) is 4.96. The number of fused-ring (bicyclic) bond motifs is 1. The molecule has 6 heteroatoms. The quantitative estimate of drug-likeness (QED) is 0.768. The van der Waals surface area contributed by atoms with Crippen molar-refractivity contribution in [2.24, 2.45) is 5.73 Å². The number of H-pyrrole nitrogens is 1. The van der Waals surface area contributed by atoms with Crippen LogP contribution in [0.25, 0.3) is 11.0 Å². The second-order valence-corrected chi connectivity index (χ2v) is 5.63. The minimum Gasteiger partial charge on any atom is -0.342 e. The molecule has 2 aromatic heterocycles. The largest absolute Gasteiger partial charge is 0.342 e. The van der Waals surface area contributed by atoms with Crippen LogP contribution in [0.1, 0.15) is 42.7 Å². The molecule has 3 N–H and O–H groups in total. The molecule has 0 amide bonds. The smallest absolute Gasteiger partial charge is 0.231 e. The van der Waals surface area contributed by atoms with E-state index in [1.54, 1.807) is 0 Å². The van der Waals surface area contributed by atoms with Gasteiger partial charge in [0.2, 0.25) is 5.89 Å². The average molecular weight is 283 g/mol. The molecule has 1 fully saturated rings. The van der Waals surface area contributed by atoms with Gasteiger partial charge >= 0.3 is 0 Å². The monoisotopic (exact) mass is 283 g/mol. The van der Waals surface area contributed by atoms with Gasteiger partial charge in [-0.3, -0.25) is 0 Å². The van der Waals surface area contributed by atoms with Gasteiger partial charge < -0.3 is 15.2 Å². The number of nitrogens with zero attached hydrogens (tertiary/aromatic N) is 3. The summed E-state index contributed by atoms with van der Waals surface area (Å²) in [4.78, 5) is 12.3. The van der Waals surface area contributed by atoms with Gasteiger partial charge in [0.05, 0.1) is 23.4 Å². The first-order valence-corrected chi connectivity index (χ1v) is 7.31. The molecule has 21 heavy (non-hydrogen) atoms. The van der Waals surface area contributed by atoms with Crippen molar-refractivity contribution in [3.8, 4) is 0 Å². The molecule has 1 saturated carbocycles. The first-order valence-electron chi connectivity index (χ1n) is 7.31. The summed E-state index contributed by atoms with van der Waals surface area (Å²) in [5, 5.41) is 4.06. The van der Waals surface area contributed by atoms with Crippen molar-refractivity contribution in [2.45, 2.75) is 37.6 Å². The summed E-state index contributed by atoms with van der Waals surface area (Å²) in [6, 6.07) is 8.09. The highest BCUT2D eigenvalue weighted by Crippen LogP contribution is 2.32. The summed E-state index contributed by atoms with van der Waals surface area (Å²) in [7, 11) is 0. The van der Waals surface area contributed by atoms with Crippen LogP contribution < -0.4 is 5.73 Å². The Balaban J connectivity index is 1.55. The summed E-state index contributed by atoms with van der Waals surface area (Å²) in [5.41, 5.74) is 8.05. The molecule has 0 aliphatic heterocycles. The molecule has 2 unspecified atom stereocenters. The number of para-hydroxylation sites is 2. The van der Waals surface area contributed by atoms with Crippen LogP contribution in [0.2, 0.25) is 0 Å². The normalized spacial score (nSPS) is 22.1. The molecule has 108 valence electrons. The van der Waals surface area contributed by atoms with Crippen LogP contribution >= 0.6 is 0 Å². The molecule has 1 aromatic carbocycles. The van der Waals surface area contributed by atoms with Crippen LogP contribution in [-0.2, 0) is 6.42 Å². The number of rotatable bonds is 3. The molecule has 2 heterocycles. The highest BCUT2D eigenvalue weighted by Gasteiger charge is 2.30. The molecular weight excluding hydrogens is 266 g/mol. The first kappa shape index (κ1) is 12.5. The Bertz CT molecular complexity index is 729. The van der Waals surface area contributed by atoms with E-state index < -0.39 is 0 Å². The minimum atomic E-state index is 0.143. The first-order chi connectivity index (χ1) is 10.3. The highest BCUT2D eigenvalue weighted by molar-refractivity contribution is 5.74. The van der Waals surface area contributed by atoms with E-state index in [2.05, 4.69) is 20.1 Å². The van der Waals surface area contributed by atoms with Crippen LogP contribution in [0.5, 0.6) is 0 Å². The Kier molecular flexibility index (Phi) is 2.96. The zero-order valence-electron chi connectivity index (χ0n) is 11.6. The van der Waals surface area contributed by atoms with Gasteiger partial charge in [-0.05, 0) is 25.0 Å². The van der Waals surface area contributed by atoms with Gasteiger partial charge in [-0.25, -0.2) is 4.98 Å². The summed E-state index contributed by atoms with van der Waals surface area (Å²) in [5.74, 6) is 2.38. The van der Waals surface area contributed by atoms with Crippen molar-refractivity contribution in [3.63, 3.8) is 0 Å². The molecule has 3 aromatic rings. The predicted octanol–water partition coefficient (Wildman–Crippen LogP) is 2.13. The van der Waals surface area contributed by atoms with Crippen LogP contribution in [0.4, 0.5) is 0 Å². The number of imidazole rings is 1. The Morgan fingerprint density at radius 2 is 2.14 bits per heavy atom. The summed E-state index contributed by atoms with van der Waals surface area (Å²) >= 11 is 0. The number of aromatic nitrogens is 4. The molecule has 4 rings (SSSR count). The Labute approximate surface area is 121 Å². The molecule has 1 aliphatic rings. The van der Waals surface area contributed by atoms with Gasteiger partial charge in [-0.1, -0.05) is 23.7 Å². The van der Waals surface area contributed by atoms with Crippen molar-refractivity contribution < 1.29 is 4.52 Å². The average Bonchev–Trinajstić information content (AvgIpc) is 3.17. The van der Waals surface area contributed by atoms with Gasteiger partial charge in [0.1, 0.15) is 5.82 Å². The Morgan fingerprint density at radius 3 is 2.95 bits per heavy atom. The number of nitrogens with two attached hydrogens (primary N) is 1. The van der Waals surface area contributed by atoms with Gasteiger partial charge in [0.15, 0.2) is 5.82 Å². The highest BCUT2D eigenvalue weighted by atomic mass is 16.5. The maximum atomic E-state index is 6.08. The fourth-order valence-corrected chi connectivity index (χ4v) is 3.02. The van der Waals surface area contributed by atoms with Crippen molar-refractivity contribution in [3.05, 3.63) is 41.8 Å². The lowest BCUT2D eigenvalue weighted by molar-refractivity contribution is 0.342. The summed E-state index contributed by atoms with van der Waals surface area (Å²) in [6.45, 7) is 0. The molecule has 0 radical (unpaired) electrons. The number of benzene rings is 1. The lowest BCUT2D eigenvalue weighted by Crippen LogP contribution is -2.22. The van der Waals surface area contributed by atoms with E-state index in [-0.39, 0.29) is 12.0 Å². The number of hydrogen-bond donors (Lipinski definition) is 2.